The van der Waals surface area contributed by atoms with E-state index >= 15 is 0 Å². The second-order valence-corrected chi connectivity index (χ2v) is 4.44. The molecule has 1 aliphatic heterocycles. The summed E-state index contributed by atoms with van der Waals surface area (Å²) in [5.74, 6) is -0.000787. The highest BCUT2D eigenvalue weighted by atomic mass is 16.5. The summed E-state index contributed by atoms with van der Waals surface area (Å²) in [7, 11) is 0. The van der Waals surface area contributed by atoms with Crippen molar-refractivity contribution in [1.82, 2.24) is 9.88 Å². The second kappa shape index (κ2) is 5.93. The molecule has 1 saturated heterocycles. The largest absolute Gasteiger partial charge is 0.394 e. The smallest absolute Gasteiger partial charge is 0.229 e. The number of hydrogen-bond acceptors (Lipinski definition) is 4. The Labute approximate surface area is 106 Å². The quantitative estimate of drug-likeness (QED) is 0.829. The minimum atomic E-state index is -0.227. The van der Waals surface area contributed by atoms with Gasteiger partial charge in [-0.2, -0.15) is 0 Å². The van der Waals surface area contributed by atoms with E-state index in [9.17, 15) is 9.90 Å². The van der Waals surface area contributed by atoms with Crippen molar-refractivity contribution in [3.8, 4) is 0 Å². The van der Waals surface area contributed by atoms with Gasteiger partial charge in [0.2, 0.25) is 5.91 Å². The SMILES string of the molecule is Cc1cccnc1CC(=O)N1CCOCC1CO. The number of ether oxygens (including phenoxy) is 1. The third-order valence-corrected chi connectivity index (χ3v) is 3.20. The van der Waals surface area contributed by atoms with Crippen molar-refractivity contribution in [2.45, 2.75) is 19.4 Å². The van der Waals surface area contributed by atoms with Gasteiger partial charge >= 0.3 is 0 Å². The first-order valence-corrected chi connectivity index (χ1v) is 6.11. The fourth-order valence-electron chi connectivity index (χ4n) is 2.08. The van der Waals surface area contributed by atoms with E-state index in [1.54, 1.807) is 11.1 Å². The Balaban J connectivity index is 2.05. The summed E-state index contributed by atoms with van der Waals surface area (Å²) in [4.78, 5) is 18.1. The number of hydrogen-bond donors (Lipinski definition) is 1. The van der Waals surface area contributed by atoms with E-state index in [1.165, 1.54) is 0 Å². The Morgan fingerprint density at radius 2 is 2.50 bits per heavy atom. The van der Waals surface area contributed by atoms with E-state index in [0.717, 1.165) is 11.3 Å². The number of aliphatic hydroxyl groups is 1. The Morgan fingerprint density at radius 3 is 3.22 bits per heavy atom. The van der Waals surface area contributed by atoms with Crippen LogP contribution in [0.1, 0.15) is 11.3 Å². The average Bonchev–Trinajstić information content (AvgIpc) is 2.41. The summed E-state index contributed by atoms with van der Waals surface area (Å²) in [6.45, 7) is 3.36. The van der Waals surface area contributed by atoms with Gasteiger partial charge in [-0.25, -0.2) is 0 Å². The normalized spacial score (nSPS) is 19.9. The Kier molecular flexibility index (Phi) is 4.28. The maximum Gasteiger partial charge on any atom is 0.229 e. The molecule has 1 aromatic rings. The summed E-state index contributed by atoms with van der Waals surface area (Å²) in [6.07, 6.45) is 1.97. The van der Waals surface area contributed by atoms with E-state index in [-0.39, 0.29) is 25.0 Å². The van der Waals surface area contributed by atoms with Crippen LogP contribution in [-0.4, -0.2) is 53.3 Å². The standard InChI is InChI=1S/C13H18N2O3/c1-10-3-2-4-14-12(10)7-13(17)15-5-6-18-9-11(15)8-16/h2-4,11,16H,5-9H2,1H3. The minimum Gasteiger partial charge on any atom is -0.394 e. The van der Waals surface area contributed by atoms with Gasteiger partial charge < -0.3 is 14.7 Å². The van der Waals surface area contributed by atoms with Crippen molar-refractivity contribution in [1.29, 1.82) is 0 Å². The molecule has 2 rings (SSSR count). The predicted molar refractivity (Wildman–Crippen MR) is 66.1 cm³/mol. The van der Waals surface area contributed by atoms with Gasteiger partial charge in [0, 0.05) is 12.7 Å². The van der Waals surface area contributed by atoms with E-state index in [4.69, 9.17) is 4.74 Å². The van der Waals surface area contributed by atoms with Gasteiger partial charge in [0.05, 0.1) is 38.0 Å². The van der Waals surface area contributed by atoms with Gasteiger partial charge in [-0.1, -0.05) is 6.07 Å². The van der Waals surface area contributed by atoms with E-state index in [2.05, 4.69) is 4.98 Å². The molecule has 1 aromatic heterocycles. The third-order valence-electron chi connectivity index (χ3n) is 3.20. The lowest BCUT2D eigenvalue weighted by atomic mass is 10.1. The van der Waals surface area contributed by atoms with Crippen molar-refractivity contribution >= 4 is 5.91 Å². The van der Waals surface area contributed by atoms with Crippen LogP contribution in [0.2, 0.25) is 0 Å². The van der Waals surface area contributed by atoms with Gasteiger partial charge in [-0.15, -0.1) is 0 Å². The molecule has 0 radical (unpaired) electrons. The molecule has 18 heavy (non-hydrogen) atoms. The number of nitrogens with zero attached hydrogens (tertiary/aromatic N) is 2. The number of aliphatic hydroxyl groups excluding tert-OH is 1. The van der Waals surface area contributed by atoms with Gasteiger partial charge in [-0.05, 0) is 18.6 Å². The topological polar surface area (TPSA) is 62.7 Å². The van der Waals surface area contributed by atoms with Crippen LogP contribution in [0.15, 0.2) is 18.3 Å². The number of carbonyl (C=O) groups is 1. The first kappa shape index (κ1) is 13.0. The van der Waals surface area contributed by atoms with Gasteiger partial charge in [0.15, 0.2) is 0 Å². The molecule has 0 spiro atoms. The third kappa shape index (κ3) is 2.86. The van der Waals surface area contributed by atoms with Crippen molar-refractivity contribution in [3.63, 3.8) is 0 Å². The molecule has 0 aliphatic carbocycles. The first-order valence-electron chi connectivity index (χ1n) is 6.11. The Bertz CT molecular complexity index is 422. The molecule has 1 amide bonds. The van der Waals surface area contributed by atoms with Crippen LogP contribution in [0.25, 0.3) is 0 Å². The van der Waals surface area contributed by atoms with Gasteiger partial charge in [-0.3, -0.25) is 9.78 Å². The lowest BCUT2D eigenvalue weighted by molar-refractivity contribution is -0.140. The van der Waals surface area contributed by atoms with Crippen LogP contribution in [0.4, 0.5) is 0 Å². The van der Waals surface area contributed by atoms with Crippen LogP contribution in [-0.2, 0) is 16.0 Å². The minimum absolute atomic E-state index is 0.000787. The van der Waals surface area contributed by atoms with Crippen LogP contribution < -0.4 is 0 Å². The molecule has 0 aromatic carbocycles. The Hall–Kier alpha value is -1.46. The number of aromatic nitrogens is 1. The summed E-state index contributed by atoms with van der Waals surface area (Å²) in [5, 5.41) is 9.24. The van der Waals surface area contributed by atoms with Gasteiger partial charge in [0.25, 0.3) is 0 Å². The number of amides is 1. The van der Waals surface area contributed by atoms with Crippen LogP contribution in [0.5, 0.6) is 0 Å². The lowest BCUT2D eigenvalue weighted by Gasteiger charge is -2.34. The molecule has 1 aliphatic rings. The zero-order valence-corrected chi connectivity index (χ0v) is 10.5. The monoisotopic (exact) mass is 250 g/mol. The molecule has 1 N–H and O–H groups in total. The highest BCUT2D eigenvalue weighted by Crippen LogP contribution is 2.11. The molecule has 1 fully saturated rings. The average molecular weight is 250 g/mol. The van der Waals surface area contributed by atoms with Crippen molar-refractivity contribution in [2.75, 3.05) is 26.4 Å². The number of pyridine rings is 1. The van der Waals surface area contributed by atoms with Gasteiger partial charge in [0.1, 0.15) is 0 Å². The maximum absolute atomic E-state index is 12.2. The summed E-state index contributed by atoms with van der Waals surface area (Å²) in [6, 6.07) is 3.57. The zero-order chi connectivity index (χ0) is 13.0. The molecule has 1 atom stereocenters. The number of aryl methyl sites for hydroxylation is 1. The van der Waals surface area contributed by atoms with Crippen molar-refractivity contribution < 1.29 is 14.6 Å². The van der Waals surface area contributed by atoms with E-state index < -0.39 is 0 Å². The van der Waals surface area contributed by atoms with E-state index in [1.807, 2.05) is 19.1 Å². The van der Waals surface area contributed by atoms with Crippen molar-refractivity contribution in [2.24, 2.45) is 0 Å². The summed E-state index contributed by atoms with van der Waals surface area (Å²) in [5.41, 5.74) is 1.81. The lowest BCUT2D eigenvalue weighted by Crippen LogP contribution is -2.51. The van der Waals surface area contributed by atoms with Crippen LogP contribution in [0.3, 0.4) is 0 Å². The fourth-order valence-corrected chi connectivity index (χ4v) is 2.08. The van der Waals surface area contributed by atoms with Crippen LogP contribution >= 0.6 is 0 Å². The van der Waals surface area contributed by atoms with Crippen molar-refractivity contribution in [3.05, 3.63) is 29.6 Å². The fraction of sp³-hybridized carbons (Fsp3) is 0.538. The highest BCUT2D eigenvalue weighted by Gasteiger charge is 2.26. The molecule has 5 nitrogen and oxygen atoms in total. The molecule has 98 valence electrons. The number of carbonyl (C=O) groups excluding carboxylic acids is 1. The highest BCUT2D eigenvalue weighted by molar-refractivity contribution is 5.79. The number of rotatable bonds is 3. The second-order valence-electron chi connectivity index (χ2n) is 4.44. The van der Waals surface area contributed by atoms with Crippen LogP contribution in [0, 0.1) is 6.92 Å². The first-order chi connectivity index (χ1) is 8.72. The maximum atomic E-state index is 12.2. The van der Waals surface area contributed by atoms with E-state index in [0.29, 0.717) is 19.8 Å². The molecular weight excluding hydrogens is 232 g/mol. The summed E-state index contributed by atoms with van der Waals surface area (Å²) < 4.78 is 5.26. The zero-order valence-electron chi connectivity index (χ0n) is 10.5. The molecule has 0 bridgehead atoms. The number of morpholine rings is 1. The summed E-state index contributed by atoms with van der Waals surface area (Å²) >= 11 is 0. The molecule has 1 unspecified atom stereocenters. The molecule has 5 heteroatoms. The Morgan fingerprint density at radius 1 is 1.67 bits per heavy atom. The molecule has 0 saturated carbocycles. The molecular formula is C13H18N2O3. The molecule has 2 heterocycles. The predicted octanol–water partition coefficient (Wildman–Crippen LogP) is 0.152.